The van der Waals surface area contributed by atoms with E-state index in [4.69, 9.17) is 11.5 Å². The first-order valence-electron chi connectivity index (χ1n) is 6.48. The number of carbonyl (C=O) groups excluding carboxylic acids is 2. The fourth-order valence-electron chi connectivity index (χ4n) is 2.08. The number of aromatic amines is 1. The highest BCUT2D eigenvalue weighted by molar-refractivity contribution is 5.98. The van der Waals surface area contributed by atoms with E-state index in [2.05, 4.69) is 10.3 Å². The minimum atomic E-state index is -0.434. The van der Waals surface area contributed by atoms with Gasteiger partial charge in [-0.15, -0.1) is 12.4 Å². The summed E-state index contributed by atoms with van der Waals surface area (Å²) in [5, 5.41) is 3.66. The van der Waals surface area contributed by atoms with E-state index in [1.807, 2.05) is 18.3 Å². The van der Waals surface area contributed by atoms with Crippen molar-refractivity contribution in [1.29, 1.82) is 0 Å². The van der Waals surface area contributed by atoms with Crippen LogP contribution in [0.5, 0.6) is 0 Å². The lowest BCUT2D eigenvalue weighted by Gasteiger charge is -2.04. The van der Waals surface area contributed by atoms with Gasteiger partial charge in [0.05, 0.1) is 0 Å². The Labute approximate surface area is 128 Å². The van der Waals surface area contributed by atoms with Crippen molar-refractivity contribution in [3.05, 3.63) is 35.5 Å². The molecular weight excluding hydrogens is 292 g/mol. The summed E-state index contributed by atoms with van der Waals surface area (Å²) in [5.41, 5.74) is 13.2. The summed E-state index contributed by atoms with van der Waals surface area (Å²) in [4.78, 5) is 25.7. The van der Waals surface area contributed by atoms with E-state index in [9.17, 15) is 9.59 Å². The van der Waals surface area contributed by atoms with Crippen LogP contribution in [0.25, 0.3) is 10.9 Å². The number of primary amides is 1. The van der Waals surface area contributed by atoms with Crippen LogP contribution in [-0.4, -0.2) is 29.9 Å². The molecule has 2 aromatic rings. The second kappa shape index (κ2) is 7.66. The van der Waals surface area contributed by atoms with Gasteiger partial charge in [0, 0.05) is 35.6 Å². The Morgan fingerprint density at radius 2 is 2.05 bits per heavy atom. The summed E-state index contributed by atoms with van der Waals surface area (Å²) in [5.74, 6) is -0.648. The smallest absolute Gasteiger partial charge is 0.251 e. The predicted octanol–water partition coefficient (Wildman–Crippen LogP) is 0.696. The molecule has 6 N–H and O–H groups in total. The summed E-state index contributed by atoms with van der Waals surface area (Å²) < 4.78 is 0. The van der Waals surface area contributed by atoms with Gasteiger partial charge in [0.25, 0.3) is 5.91 Å². The number of amides is 2. The maximum atomic E-state index is 12.0. The van der Waals surface area contributed by atoms with Crippen molar-refractivity contribution < 1.29 is 9.59 Å². The van der Waals surface area contributed by atoms with Crippen molar-refractivity contribution in [3.63, 3.8) is 0 Å². The Bertz CT molecular complexity index is 639. The molecule has 1 heterocycles. The van der Waals surface area contributed by atoms with Gasteiger partial charge < -0.3 is 21.8 Å². The number of hydrogen-bond acceptors (Lipinski definition) is 3. The number of rotatable bonds is 6. The summed E-state index contributed by atoms with van der Waals surface area (Å²) in [6, 6.07) is 5.43. The van der Waals surface area contributed by atoms with Crippen molar-refractivity contribution >= 4 is 35.1 Å². The lowest BCUT2D eigenvalue weighted by molar-refractivity contribution is -0.117. The molecule has 7 heteroatoms. The standard InChI is InChI=1S/C14H18N4O2.ClH/c15-5-3-10-8-18-12-2-1-9(7-11(10)12)14(20)17-6-4-13(16)19;/h1-2,7-8,18H,3-6,15H2,(H2,16,19)(H,17,20);1H. The molecule has 0 saturated carbocycles. The van der Waals surface area contributed by atoms with E-state index in [1.165, 1.54) is 0 Å². The van der Waals surface area contributed by atoms with Crippen molar-refractivity contribution in [2.24, 2.45) is 11.5 Å². The number of H-pyrrole nitrogens is 1. The van der Waals surface area contributed by atoms with E-state index in [1.54, 1.807) is 6.07 Å². The summed E-state index contributed by atoms with van der Waals surface area (Å²) >= 11 is 0. The third-order valence-electron chi connectivity index (χ3n) is 3.10. The minimum Gasteiger partial charge on any atom is -0.370 e. The largest absolute Gasteiger partial charge is 0.370 e. The van der Waals surface area contributed by atoms with Gasteiger partial charge in [0.15, 0.2) is 0 Å². The van der Waals surface area contributed by atoms with Crippen LogP contribution in [0.4, 0.5) is 0 Å². The van der Waals surface area contributed by atoms with E-state index < -0.39 is 5.91 Å². The highest BCUT2D eigenvalue weighted by atomic mass is 35.5. The fraction of sp³-hybridized carbons (Fsp3) is 0.286. The lowest BCUT2D eigenvalue weighted by atomic mass is 10.1. The average molecular weight is 311 g/mol. The van der Waals surface area contributed by atoms with Crippen LogP contribution in [0.1, 0.15) is 22.3 Å². The zero-order valence-corrected chi connectivity index (χ0v) is 12.3. The number of hydrogen-bond donors (Lipinski definition) is 4. The summed E-state index contributed by atoms with van der Waals surface area (Å²) in [7, 11) is 0. The van der Waals surface area contributed by atoms with Crippen molar-refractivity contribution in [2.75, 3.05) is 13.1 Å². The first kappa shape index (κ1) is 17.0. The molecule has 2 rings (SSSR count). The number of nitrogens with two attached hydrogens (primary N) is 2. The van der Waals surface area contributed by atoms with Gasteiger partial charge in [-0.2, -0.15) is 0 Å². The number of halogens is 1. The Hall–Kier alpha value is -2.05. The summed E-state index contributed by atoms with van der Waals surface area (Å²) in [6.07, 6.45) is 2.80. The molecule has 21 heavy (non-hydrogen) atoms. The van der Waals surface area contributed by atoms with Crippen LogP contribution in [-0.2, 0) is 11.2 Å². The van der Waals surface area contributed by atoms with Gasteiger partial charge in [-0.05, 0) is 36.7 Å². The molecule has 1 aromatic heterocycles. The van der Waals surface area contributed by atoms with Crippen molar-refractivity contribution in [2.45, 2.75) is 12.8 Å². The van der Waals surface area contributed by atoms with Gasteiger partial charge >= 0.3 is 0 Å². The Kier molecular flexibility index (Phi) is 6.20. The Balaban J connectivity index is 0.00000220. The molecule has 0 radical (unpaired) electrons. The van der Waals surface area contributed by atoms with E-state index in [0.29, 0.717) is 12.1 Å². The molecule has 0 unspecified atom stereocenters. The fourth-order valence-corrected chi connectivity index (χ4v) is 2.08. The molecule has 0 spiro atoms. The van der Waals surface area contributed by atoms with Gasteiger partial charge in [-0.25, -0.2) is 0 Å². The molecule has 0 aliphatic rings. The summed E-state index contributed by atoms with van der Waals surface area (Å²) in [6.45, 7) is 0.803. The van der Waals surface area contributed by atoms with Crippen LogP contribution in [0.2, 0.25) is 0 Å². The quantitative estimate of drug-likeness (QED) is 0.629. The topological polar surface area (TPSA) is 114 Å². The van der Waals surface area contributed by atoms with E-state index in [0.717, 1.165) is 22.9 Å². The van der Waals surface area contributed by atoms with Crippen LogP contribution in [0, 0.1) is 0 Å². The first-order chi connectivity index (χ1) is 9.61. The SMILES string of the molecule is Cl.NCCc1c[nH]c2ccc(C(=O)NCCC(N)=O)cc12. The van der Waals surface area contributed by atoms with Crippen LogP contribution in [0.3, 0.4) is 0 Å². The van der Waals surface area contributed by atoms with Crippen LogP contribution in [0.15, 0.2) is 24.4 Å². The third kappa shape index (κ3) is 4.21. The molecule has 0 bridgehead atoms. The second-order valence-electron chi connectivity index (χ2n) is 4.59. The molecule has 114 valence electrons. The molecule has 0 saturated heterocycles. The first-order valence-corrected chi connectivity index (χ1v) is 6.48. The Morgan fingerprint density at radius 1 is 1.29 bits per heavy atom. The van der Waals surface area contributed by atoms with Gasteiger partial charge in [0.1, 0.15) is 0 Å². The van der Waals surface area contributed by atoms with Gasteiger partial charge in [-0.1, -0.05) is 0 Å². The number of nitrogens with one attached hydrogen (secondary N) is 2. The van der Waals surface area contributed by atoms with Gasteiger partial charge in [-0.3, -0.25) is 9.59 Å². The van der Waals surface area contributed by atoms with Crippen LogP contribution >= 0.6 is 12.4 Å². The number of fused-ring (bicyclic) bond motifs is 1. The molecule has 2 amide bonds. The maximum absolute atomic E-state index is 12.0. The normalized spacial score (nSPS) is 10.1. The second-order valence-corrected chi connectivity index (χ2v) is 4.59. The minimum absolute atomic E-state index is 0. The Morgan fingerprint density at radius 3 is 2.71 bits per heavy atom. The molecule has 0 aliphatic heterocycles. The maximum Gasteiger partial charge on any atom is 0.251 e. The van der Waals surface area contributed by atoms with Crippen LogP contribution < -0.4 is 16.8 Å². The van der Waals surface area contributed by atoms with E-state index in [-0.39, 0.29) is 31.3 Å². The van der Waals surface area contributed by atoms with Gasteiger partial charge in [0.2, 0.25) is 5.91 Å². The lowest BCUT2D eigenvalue weighted by Crippen LogP contribution is -2.27. The van der Waals surface area contributed by atoms with E-state index >= 15 is 0 Å². The van der Waals surface area contributed by atoms with Crippen molar-refractivity contribution in [3.8, 4) is 0 Å². The zero-order valence-electron chi connectivity index (χ0n) is 11.5. The molecule has 0 aliphatic carbocycles. The van der Waals surface area contributed by atoms with Crippen molar-refractivity contribution in [1.82, 2.24) is 10.3 Å². The monoisotopic (exact) mass is 310 g/mol. The highest BCUT2D eigenvalue weighted by Crippen LogP contribution is 2.20. The average Bonchev–Trinajstić information content (AvgIpc) is 2.81. The molecule has 0 atom stereocenters. The molecular formula is C14H19ClN4O2. The zero-order chi connectivity index (χ0) is 14.5. The number of benzene rings is 1. The number of aromatic nitrogens is 1. The molecule has 6 nitrogen and oxygen atoms in total. The highest BCUT2D eigenvalue weighted by Gasteiger charge is 2.09. The third-order valence-corrected chi connectivity index (χ3v) is 3.10. The predicted molar refractivity (Wildman–Crippen MR) is 84.4 cm³/mol. The molecule has 0 fully saturated rings. The number of carbonyl (C=O) groups is 2. The molecule has 1 aromatic carbocycles.